The van der Waals surface area contributed by atoms with E-state index in [0.29, 0.717) is 33.2 Å². The lowest BCUT2D eigenvalue weighted by atomic mass is 10.2. The molecule has 7 heteroatoms. The van der Waals surface area contributed by atoms with Crippen LogP contribution in [0.25, 0.3) is 22.4 Å². The molecule has 2 aromatic carbocycles. The normalized spacial score (nSPS) is 11.8. The maximum absolute atomic E-state index is 13.8. The number of rotatable bonds is 5. The third-order valence-corrected chi connectivity index (χ3v) is 4.81. The van der Waals surface area contributed by atoms with Crippen LogP contribution in [0.1, 0.15) is 5.56 Å². The summed E-state index contributed by atoms with van der Waals surface area (Å²) >= 11 is 1.18. The second kappa shape index (κ2) is 7.13. The van der Waals surface area contributed by atoms with Crippen molar-refractivity contribution >= 4 is 22.4 Å². The van der Waals surface area contributed by atoms with Gasteiger partial charge in [0.15, 0.2) is 5.82 Å². The van der Waals surface area contributed by atoms with Gasteiger partial charge in [-0.2, -0.15) is 9.50 Å². The minimum atomic E-state index is -0.379. The van der Waals surface area contributed by atoms with Gasteiger partial charge in [-0.25, -0.2) is 4.39 Å². The van der Waals surface area contributed by atoms with Gasteiger partial charge < -0.3 is 4.74 Å². The topological polar surface area (TPSA) is 56.5 Å². The highest BCUT2D eigenvalue weighted by Gasteiger charge is 2.12. The molecule has 2 aromatic heterocycles. The SMILES string of the molecule is C=CCOc1ccc(-c2nc3sc(=Cc4ccccc4F)c(=O)n3n2)cc1. The van der Waals surface area contributed by atoms with Crippen LogP contribution in [0, 0.1) is 5.82 Å². The van der Waals surface area contributed by atoms with Crippen LogP contribution >= 0.6 is 11.3 Å². The Morgan fingerprint density at radius 1 is 1.19 bits per heavy atom. The maximum Gasteiger partial charge on any atom is 0.291 e. The lowest BCUT2D eigenvalue weighted by molar-refractivity contribution is 0.363. The van der Waals surface area contributed by atoms with Crippen molar-refractivity contribution < 1.29 is 9.13 Å². The number of thiazole rings is 1. The Balaban J connectivity index is 1.69. The van der Waals surface area contributed by atoms with Crippen molar-refractivity contribution in [2.75, 3.05) is 6.61 Å². The molecule has 0 aliphatic heterocycles. The lowest BCUT2D eigenvalue weighted by Gasteiger charge is -2.02. The fraction of sp³-hybridized carbons (Fsp3) is 0.0500. The number of fused-ring (bicyclic) bond motifs is 1. The number of hydrogen-bond acceptors (Lipinski definition) is 5. The molecule has 0 unspecified atom stereocenters. The van der Waals surface area contributed by atoms with E-state index in [2.05, 4.69) is 16.7 Å². The van der Waals surface area contributed by atoms with Gasteiger partial charge >= 0.3 is 0 Å². The molecule has 0 atom stereocenters. The zero-order valence-electron chi connectivity index (χ0n) is 14.1. The Kier molecular flexibility index (Phi) is 4.52. The third-order valence-electron chi connectivity index (χ3n) is 3.85. The summed E-state index contributed by atoms with van der Waals surface area (Å²) in [6, 6.07) is 13.6. The number of hydrogen-bond donors (Lipinski definition) is 0. The van der Waals surface area contributed by atoms with E-state index in [9.17, 15) is 9.18 Å². The number of aromatic nitrogens is 3. The van der Waals surface area contributed by atoms with Gasteiger partial charge in [-0.1, -0.05) is 42.2 Å². The molecular formula is C20H14FN3O2S. The molecule has 0 aliphatic carbocycles. The van der Waals surface area contributed by atoms with E-state index in [0.717, 1.165) is 5.56 Å². The van der Waals surface area contributed by atoms with Crippen LogP contribution < -0.4 is 14.8 Å². The van der Waals surface area contributed by atoms with Crippen molar-refractivity contribution in [3.8, 4) is 17.1 Å². The first kappa shape index (κ1) is 17.1. The average molecular weight is 379 g/mol. The Bertz CT molecular complexity index is 1230. The summed E-state index contributed by atoms with van der Waals surface area (Å²) in [5, 5.41) is 4.29. The molecule has 0 amide bonds. The van der Waals surface area contributed by atoms with E-state index in [4.69, 9.17) is 4.74 Å². The molecule has 4 rings (SSSR count). The second-order valence-electron chi connectivity index (χ2n) is 5.69. The third kappa shape index (κ3) is 3.37. The Morgan fingerprint density at radius 3 is 2.67 bits per heavy atom. The predicted molar refractivity (Wildman–Crippen MR) is 103 cm³/mol. The molecule has 134 valence electrons. The summed E-state index contributed by atoms with van der Waals surface area (Å²) in [5.41, 5.74) is 0.813. The van der Waals surface area contributed by atoms with Crippen LogP contribution in [0.4, 0.5) is 4.39 Å². The van der Waals surface area contributed by atoms with E-state index < -0.39 is 0 Å². The van der Waals surface area contributed by atoms with Crippen LogP contribution in [0.5, 0.6) is 5.75 Å². The summed E-state index contributed by atoms with van der Waals surface area (Å²) in [5.74, 6) is 0.785. The zero-order valence-corrected chi connectivity index (χ0v) is 14.9. The van der Waals surface area contributed by atoms with Crippen molar-refractivity contribution in [1.82, 2.24) is 14.6 Å². The molecule has 27 heavy (non-hydrogen) atoms. The van der Waals surface area contributed by atoms with Gasteiger partial charge in [-0.3, -0.25) is 4.79 Å². The van der Waals surface area contributed by atoms with Gasteiger partial charge in [-0.05, 0) is 36.4 Å². The van der Waals surface area contributed by atoms with E-state index in [1.807, 2.05) is 24.3 Å². The largest absolute Gasteiger partial charge is 0.490 e. The van der Waals surface area contributed by atoms with E-state index >= 15 is 0 Å². The average Bonchev–Trinajstić information content (AvgIpc) is 3.22. The molecule has 0 radical (unpaired) electrons. The van der Waals surface area contributed by atoms with Crippen molar-refractivity contribution in [3.63, 3.8) is 0 Å². The van der Waals surface area contributed by atoms with Gasteiger partial charge in [-0.15, -0.1) is 5.10 Å². The smallest absolute Gasteiger partial charge is 0.291 e. The number of benzene rings is 2. The standard InChI is InChI=1S/C20H14FN3O2S/c1-2-11-26-15-9-7-13(8-10-15)18-22-20-24(23-18)19(25)17(27-20)12-14-5-3-4-6-16(14)21/h2-10,12H,1,11H2. The molecule has 5 nitrogen and oxygen atoms in total. The van der Waals surface area contributed by atoms with Gasteiger partial charge in [0.05, 0.1) is 4.53 Å². The zero-order chi connectivity index (χ0) is 18.8. The molecule has 0 aliphatic rings. The summed E-state index contributed by atoms with van der Waals surface area (Å²) in [6.45, 7) is 4.04. The minimum absolute atomic E-state index is 0.317. The Hall–Kier alpha value is -3.32. The summed E-state index contributed by atoms with van der Waals surface area (Å²) in [4.78, 5) is 17.4. The van der Waals surface area contributed by atoms with Crippen molar-refractivity contribution in [2.45, 2.75) is 0 Å². The summed E-state index contributed by atoms with van der Waals surface area (Å²) < 4.78 is 20.9. The molecule has 4 aromatic rings. The van der Waals surface area contributed by atoms with E-state index in [1.165, 1.54) is 28.0 Å². The highest BCUT2D eigenvalue weighted by atomic mass is 32.1. The van der Waals surface area contributed by atoms with Crippen molar-refractivity contribution in [3.05, 3.63) is 87.5 Å². The summed E-state index contributed by atoms with van der Waals surface area (Å²) in [7, 11) is 0. The summed E-state index contributed by atoms with van der Waals surface area (Å²) in [6.07, 6.45) is 3.19. The van der Waals surface area contributed by atoms with Gasteiger partial charge in [0.25, 0.3) is 5.56 Å². The highest BCUT2D eigenvalue weighted by Crippen LogP contribution is 2.20. The molecular weight excluding hydrogens is 365 g/mol. The fourth-order valence-electron chi connectivity index (χ4n) is 2.54. The second-order valence-corrected chi connectivity index (χ2v) is 6.70. The number of halogens is 1. The Morgan fingerprint density at radius 2 is 1.96 bits per heavy atom. The molecule has 2 heterocycles. The van der Waals surface area contributed by atoms with Crippen molar-refractivity contribution in [2.24, 2.45) is 0 Å². The van der Waals surface area contributed by atoms with Crippen LogP contribution in [0.3, 0.4) is 0 Å². The molecule has 0 fully saturated rings. The minimum Gasteiger partial charge on any atom is -0.490 e. The van der Waals surface area contributed by atoms with Crippen molar-refractivity contribution in [1.29, 1.82) is 0 Å². The molecule has 0 saturated heterocycles. The van der Waals surface area contributed by atoms with Crippen LogP contribution in [-0.2, 0) is 0 Å². The van der Waals surface area contributed by atoms with Crippen LogP contribution in [0.2, 0.25) is 0 Å². The predicted octanol–water partition coefficient (Wildman–Crippen LogP) is 3.07. The molecule has 0 spiro atoms. The maximum atomic E-state index is 13.8. The monoisotopic (exact) mass is 379 g/mol. The fourth-order valence-corrected chi connectivity index (χ4v) is 3.44. The van der Waals surface area contributed by atoms with E-state index in [-0.39, 0.29) is 11.4 Å². The number of nitrogens with zero attached hydrogens (tertiary/aromatic N) is 3. The van der Waals surface area contributed by atoms with Gasteiger partial charge in [0.1, 0.15) is 18.2 Å². The quantitative estimate of drug-likeness (QED) is 0.500. The van der Waals surface area contributed by atoms with Gasteiger partial charge in [0.2, 0.25) is 4.96 Å². The van der Waals surface area contributed by atoms with E-state index in [1.54, 1.807) is 24.3 Å². The first-order valence-corrected chi connectivity index (χ1v) is 8.97. The molecule has 0 bridgehead atoms. The number of ether oxygens (including phenoxy) is 1. The first-order valence-electron chi connectivity index (χ1n) is 8.15. The lowest BCUT2D eigenvalue weighted by Crippen LogP contribution is -2.23. The van der Waals surface area contributed by atoms with Crippen LogP contribution in [-0.4, -0.2) is 21.2 Å². The van der Waals surface area contributed by atoms with Crippen LogP contribution in [0.15, 0.2) is 66.0 Å². The highest BCUT2D eigenvalue weighted by molar-refractivity contribution is 7.15. The Labute approximate surface area is 157 Å². The molecule has 0 N–H and O–H groups in total. The van der Waals surface area contributed by atoms with Gasteiger partial charge in [0, 0.05) is 11.1 Å². The first-order chi connectivity index (χ1) is 13.2. The molecule has 0 saturated carbocycles.